The van der Waals surface area contributed by atoms with E-state index in [1.165, 1.54) is 27.7 Å². The van der Waals surface area contributed by atoms with E-state index in [2.05, 4.69) is 12.5 Å². The number of carbonyl (C=O) groups excluding carboxylic acids is 4. The molecule has 0 N–H and O–H groups in total. The number of benzene rings is 3. The number of aryl methyl sites for hydroxylation is 1. The Hall–Kier alpha value is -5.42. The van der Waals surface area contributed by atoms with E-state index < -0.39 is 54.5 Å². The van der Waals surface area contributed by atoms with Crippen LogP contribution in [0.2, 0.25) is 0 Å². The van der Waals surface area contributed by atoms with E-state index in [1.807, 2.05) is 90.5 Å². The van der Waals surface area contributed by atoms with Gasteiger partial charge in [0.25, 0.3) is 0 Å². The Morgan fingerprint density at radius 2 is 1.43 bits per heavy atom. The maximum atomic E-state index is 12.6. The molecule has 1 radical (unpaired) electrons. The van der Waals surface area contributed by atoms with Gasteiger partial charge in [0, 0.05) is 53.0 Å². The lowest BCUT2D eigenvalue weighted by Crippen LogP contribution is -2.60. The molecule has 2 aliphatic rings. The van der Waals surface area contributed by atoms with E-state index in [1.54, 1.807) is 0 Å². The second-order valence-electron chi connectivity index (χ2n) is 12.7. The quantitative estimate of drug-likeness (QED) is 0.123. The summed E-state index contributed by atoms with van der Waals surface area (Å²) in [6.45, 7) is 7.03. The summed E-state index contributed by atoms with van der Waals surface area (Å²) in [4.78, 5) is 49.2. The van der Waals surface area contributed by atoms with Crippen LogP contribution in [0, 0.1) is 13.3 Å². The van der Waals surface area contributed by atoms with E-state index in [4.69, 9.17) is 28.4 Å². The summed E-state index contributed by atoms with van der Waals surface area (Å²) >= 11 is 0. The van der Waals surface area contributed by atoms with E-state index in [9.17, 15) is 19.2 Å². The summed E-state index contributed by atoms with van der Waals surface area (Å²) in [5, 5.41) is 0.959. The van der Waals surface area contributed by atoms with Crippen LogP contribution in [0.25, 0.3) is 10.9 Å². The highest BCUT2D eigenvalue weighted by molar-refractivity contribution is 5.89. The minimum atomic E-state index is -1.29. The van der Waals surface area contributed by atoms with Gasteiger partial charge in [-0.05, 0) is 47.4 Å². The van der Waals surface area contributed by atoms with Crippen molar-refractivity contribution in [2.45, 2.75) is 77.8 Å². The first-order chi connectivity index (χ1) is 24.5. The van der Waals surface area contributed by atoms with Gasteiger partial charge in [0.05, 0.1) is 5.52 Å². The number of hydrogen-bond acceptors (Lipinski definition) is 10. The number of aromatic nitrogens is 1. The number of hydrogen-bond donors (Lipinski definition) is 0. The summed E-state index contributed by atoms with van der Waals surface area (Å²) in [5.74, 6) is -2.05. The van der Waals surface area contributed by atoms with Gasteiger partial charge in [-0.15, -0.1) is 0 Å². The number of esters is 4. The lowest BCUT2D eigenvalue weighted by atomic mass is 9.87. The zero-order chi connectivity index (χ0) is 36.2. The fourth-order valence-electron chi connectivity index (χ4n) is 6.68. The highest BCUT2D eigenvalue weighted by Crippen LogP contribution is 2.46. The largest absolute Gasteiger partial charge is 0.489 e. The molecule has 0 amide bonds. The van der Waals surface area contributed by atoms with Gasteiger partial charge < -0.3 is 33.0 Å². The van der Waals surface area contributed by atoms with Crippen molar-refractivity contribution in [3.05, 3.63) is 119 Å². The molecule has 11 heteroatoms. The van der Waals surface area contributed by atoms with Gasteiger partial charge in [-0.3, -0.25) is 19.2 Å². The van der Waals surface area contributed by atoms with Crippen LogP contribution in [0.3, 0.4) is 0 Å². The maximum Gasteiger partial charge on any atom is 0.303 e. The highest BCUT2D eigenvalue weighted by atomic mass is 16.7. The van der Waals surface area contributed by atoms with Crippen molar-refractivity contribution in [3.63, 3.8) is 0 Å². The second-order valence-corrected chi connectivity index (χ2v) is 12.7. The zero-order valence-electron chi connectivity index (χ0n) is 29.1. The molecule has 1 aliphatic carbocycles. The molecule has 6 atom stereocenters. The molecule has 51 heavy (non-hydrogen) atoms. The first kappa shape index (κ1) is 35.4. The third-order valence-corrected chi connectivity index (χ3v) is 8.80. The summed E-state index contributed by atoms with van der Waals surface area (Å²) in [6, 6.07) is 23.8. The molecule has 1 aliphatic heterocycles. The van der Waals surface area contributed by atoms with Gasteiger partial charge in [-0.25, -0.2) is 0 Å². The van der Waals surface area contributed by atoms with Crippen molar-refractivity contribution >= 4 is 34.8 Å². The van der Waals surface area contributed by atoms with Crippen molar-refractivity contribution in [2.75, 3.05) is 6.61 Å². The van der Waals surface area contributed by atoms with Gasteiger partial charge in [0.2, 0.25) is 0 Å². The first-order valence-electron chi connectivity index (χ1n) is 16.7. The average Bonchev–Trinajstić information content (AvgIpc) is 3.85. The molecule has 267 valence electrons. The third-order valence-electron chi connectivity index (χ3n) is 8.80. The number of rotatable bonds is 12. The monoisotopic (exact) mass is 696 g/mol. The topological polar surface area (TPSA) is 129 Å². The van der Waals surface area contributed by atoms with Crippen LogP contribution in [-0.4, -0.2) is 59.5 Å². The number of nitrogens with zero attached hydrogens (tertiary/aromatic N) is 1. The Morgan fingerprint density at radius 1 is 0.784 bits per heavy atom. The maximum absolute atomic E-state index is 12.6. The minimum absolute atomic E-state index is 0. The van der Waals surface area contributed by atoms with Crippen molar-refractivity contribution in [1.82, 2.24) is 4.57 Å². The molecule has 2 heterocycles. The fourth-order valence-corrected chi connectivity index (χ4v) is 6.68. The average molecular weight is 697 g/mol. The van der Waals surface area contributed by atoms with E-state index >= 15 is 0 Å². The molecule has 1 aromatic heterocycles. The lowest BCUT2D eigenvalue weighted by Gasteiger charge is -2.44. The molecule has 1 saturated heterocycles. The number of allylic oxidation sites excluding steroid dienone is 2. The smallest absolute Gasteiger partial charge is 0.303 e. The molecular weight excluding hydrogens is 654 g/mol. The molecule has 1 fully saturated rings. The molecule has 1 unspecified atom stereocenters. The number of fused-ring (bicyclic) bond motifs is 1. The van der Waals surface area contributed by atoms with Gasteiger partial charge in [-0.1, -0.05) is 66.2 Å². The normalized spacial score (nSPS) is 21.6. The standard InChI is InChI=1S/C40H40NO10.H2/c1-23-10-9-13-33-35(23)32(36(29-14-15-29)30-16-18-31(19-17-30)47-21-28-11-7-6-8-12-28)20-41(33)40-39(50-27(5)45)38(49-26(4)44)37(48-25(3)43)34(51-40)22-46-24(2)42;/h6-20,34,36-40H,21-22H2,1-5H3;1H/t34-,36?,37-,38+,39-,40-;/m1./s1. The van der Waals surface area contributed by atoms with Gasteiger partial charge in [0.15, 0.2) is 24.5 Å². The predicted octanol–water partition coefficient (Wildman–Crippen LogP) is 6.31. The minimum Gasteiger partial charge on any atom is -0.489 e. The van der Waals surface area contributed by atoms with Gasteiger partial charge >= 0.3 is 23.9 Å². The molecule has 4 aromatic rings. The van der Waals surface area contributed by atoms with E-state index in [0.29, 0.717) is 6.61 Å². The van der Waals surface area contributed by atoms with Gasteiger partial charge in [0.1, 0.15) is 25.1 Å². The van der Waals surface area contributed by atoms with Crippen LogP contribution < -0.4 is 4.74 Å². The predicted molar refractivity (Wildman–Crippen MR) is 187 cm³/mol. The zero-order valence-corrected chi connectivity index (χ0v) is 29.1. The van der Waals surface area contributed by atoms with Crippen LogP contribution in [0.1, 0.15) is 63.5 Å². The third kappa shape index (κ3) is 8.15. The SMILES string of the molecule is CC(=O)OC[C@H]1O[C@@H](n2cc(C(C3=C[CH]3)c3ccc(OCc4ccccc4)cc3)c3c(C)cccc32)[C@H](OC(C)=O)[C@@H](OC(C)=O)[C@@H]1OC(C)=O.[HH]. The van der Waals surface area contributed by atoms with Crippen molar-refractivity contribution in [1.29, 1.82) is 0 Å². The Kier molecular flexibility index (Phi) is 10.6. The Labute approximate surface area is 297 Å². The summed E-state index contributed by atoms with van der Waals surface area (Å²) < 4.78 is 36.9. The Morgan fingerprint density at radius 3 is 2.06 bits per heavy atom. The summed E-state index contributed by atoms with van der Waals surface area (Å²) in [5.41, 5.74) is 5.96. The van der Waals surface area contributed by atoms with Crippen LogP contribution in [0.15, 0.2) is 90.6 Å². The summed E-state index contributed by atoms with van der Waals surface area (Å²) in [6.07, 6.45) is 0.129. The van der Waals surface area contributed by atoms with Crippen LogP contribution in [0.4, 0.5) is 0 Å². The fraction of sp³-hybridized carbons (Fsp3) is 0.325. The highest BCUT2D eigenvalue weighted by Gasteiger charge is 2.53. The second kappa shape index (κ2) is 15.2. The number of carbonyl (C=O) groups is 4. The molecule has 11 nitrogen and oxygen atoms in total. The number of ether oxygens (including phenoxy) is 6. The van der Waals surface area contributed by atoms with Crippen molar-refractivity contribution < 1.29 is 49.0 Å². The first-order valence-corrected chi connectivity index (χ1v) is 16.7. The van der Waals surface area contributed by atoms with Crippen molar-refractivity contribution in [3.8, 4) is 5.75 Å². The van der Waals surface area contributed by atoms with E-state index in [-0.39, 0.29) is 14.0 Å². The molecule has 3 aromatic carbocycles. The molecular formula is C40H42NO10. The molecule has 0 spiro atoms. The van der Waals surface area contributed by atoms with Crippen molar-refractivity contribution in [2.24, 2.45) is 0 Å². The molecule has 0 bridgehead atoms. The van der Waals surface area contributed by atoms with Crippen LogP contribution >= 0.6 is 0 Å². The van der Waals surface area contributed by atoms with Crippen LogP contribution in [0.5, 0.6) is 5.75 Å². The van der Waals surface area contributed by atoms with E-state index in [0.717, 1.165) is 44.5 Å². The Bertz CT molecular complexity index is 1950. The molecule has 6 rings (SSSR count). The Balaban J connectivity index is 0.00000523. The van der Waals surface area contributed by atoms with Gasteiger partial charge in [-0.2, -0.15) is 0 Å². The molecule has 0 saturated carbocycles. The van der Waals surface area contributed by atoms with Crippen LogP contribution in [-0.2, 0) is 49.5 Å². The lowest BCUT2D eigenvalue weighted by molar-refractivity contribution is -0.267. The summed E-state index contributed by atoms with van der Waals surface area (Å²) in [7, 11) is 0.